The molecule has 4 nitrogen and oxygen atoms in total. The molecule has 0 heterocycles. The zero-order valence-electron chi connectivity index (χ0n) is 14.8. The highest BCUT2D eigenvalue weighted by molar-refractivity contribution is 6.30. The van der Waals surface area contributed by atoms with Gasteiger partial charge in [0.2, 0.25) is 11.8 Å². The lowest BCUT2D eigenvalue weighted by Crippen LogP contribution is -2.41. The number of nitrogens with one attached hydrogen (secondary N) is 2. The molecule has 1 atom stereocenters. The number of amides is 2. The number of rotatable bonds is 5. The Labute approximate surface area is 163 Å². The third kappa shape index (κ3) is 5.35. The van der Waals surface area contributed by atoms with Crippen LogP contribution < -0.4 is 10.6 Å². The molecule has 0 bridgehead atoms. The lowest BCUT2D eigenvalue weighted by atomic mass is 9.89. The summed E-state index contributed by atoms with van der Waals surface area (Å²) in [7, 11) is 0. The van der Waals surface area contributed by atoms with E-state index in [4.69, 9.17) is 23.2 Å². The first-order chi connectivity index (χ1) is 12.2. The fraction of sp³-hybridized carbons (Fsp3) is 0.200. The molecule has 26 heavy (non-hydrogen) atoms. The van der Waals surface area contributed by atoms with E-state index in [1.165, 1.54) is 13.8 Å². The van der Waals surface area contributed by atoms with E-state index in [1.807, 2.05) is 25.1 Å². The molecule has 0 spiro atoms. The SMILES string of the molecule is CC(=O)N/C(=C\C(C)(NC(C)=O)c1ccc(Cl)cc1)c1ccc(Cl)cc1. The summed E-state index contributed by atoms with van der Waals surface area (Å²) < 4.78 is 0. The van der Waals surface area contributed by atoms with Crippen LogP contribution in [-0.2, 0) is 15.1 Å². The minimum absolute atomic E-state index is 0.197. The molecule has 0 saturated heterocycles. The van der Waals surface area contributed by atoms with Gasteiger partial charge in [0.05, 0.1) is 5.54 Å². The topological polar surface area (TPSA) is 58.2 Å². The molecule has 1 unspecified atom stereocenters. The minimum Gasteiger partial charge on any atom is -0.344 e. The predicted molar refractivity (Wildman–Crippen MR) is 106 cm³/mol. The maximum absolute atomic E-state index is 11.8. The molecule has 0 fully saturated rings. The van der Waals surface area contributed by atoms with Gasteiger partial charge in [0.25, 0.3) is 0 Å². The highest BCUT2D eigenvalue weighted by Crippen LogP contribution is 2.28. The quantitative estimate of drug-likeness (QED) is 0.787. The molecule has 0 aliphatic carbocycles. The molecule has 2 amide bonds. The van der Waals surface area contributed by atoms with Crippen LogP contribution in [0.25, 0.3) is 5.70 Å². The van der Waals surface area contributed by atoms with Gasteiger partial charge < -0.3 is 10.6 Å². The summed E-state index contributed by atoms with van der Waals surface area (Å²) in [6.45, 7) is 4.74. The Kier molecular flexibility index (Phi) is 6.46. The largest absolute Gasteiger partial charge is 0.344 e. The fourth-order valence-electron chi connectivity index (χ4n) is 2.65. The Morgan fingerprint density at radius 2 is 1.38 bits per heavy atom. The van der Waals surface area contributed by atoms with Crippen molar-refractivity contribution >= 4 is 40.7 Å². The smallest absolute Gasteiger partial charge is 0.221 e. The van der Waals surface area contributed by atoms with Gasteiger partial charge in [-0.3, -0.25) is 9.59 Å². The average molecular weight is 391 g/mol. The number of carbonyl (C=O) groups excluding carboxylic acids is 2. The van der Waals surface area contributed by atoms with Crippen molar-refractivity contribution in [2.45, 2.75) is 26.3 Å². The van der Waals surface area contributed by atoms with E-state index in [9.17, 15) is 9.59 Å². The van der Waals surface area contributed by atoms with Gasteiger partial charge in [0.15, 0.2) is 0 Å². The highest BCUT2D eigenvalue weighted by atomic mass is 35.5. The van der Waals surface area contributed by atoms with Crippen molar-refractivity contribution < 1.29 is 9.59 Å². The molecule has 0 aromatic heterocycles. The van der Waals surface area contributed by atoms with Crippen molar-refractivity contribution in [1.82, 2.24) is 10.6 Å². The van der Waals surface area contributed by atoms with E-state index in [0.717, 1.165) is 11.1 Å². The van der Waals surface area contributed by atoms with E-state index in [-0.39, 0.29) is 11.8 Å². The summed E-state index contributed by atoms with van der Waals surface area (Å²) in [6.07, 6.45) is 1.81. The summed E-state index contributed by atoms with van der Waals surface area (Å²) in [4.78, 5) is 23.5. The molecule has 0 aliphatic heterocycles. The molecule has 0 saturated carbocycles. The fourth-order valence-corrected chi connectivity index (χ4v) is 2.90. The van der Waals surface area contributed by atoms with Gasteiger partial charge in [0, 0.05) is 29.6 Å². The van der Waals surface area contributed by atoms with E-state index < -0.39 is 5.54 Å². The van der Waals surface area contributed by atoms with Crippen molar-refractivity contribution in [3.05, 3.63) is 75.8 Å². The molecule has 2 aromatic rings. The molecule has 0 radical (unpaired) electrons. The molecule has 2 aromatic carbocycles. The van der Waals surface area contributed by atoms with Crippen LogP contribution in [0.5, 0.6) is 0 Å². The maximum atomic E-state index is 11.8. The minimum atomic E-state index is -0.853. The van der Waals surface area contributed by atoms with E-state index >= 15 is 0 Å². The van der Waals surface area contributed by atoms with Crippen molar-refractivity contribution in [2.75, 3.05) is 0 Å². The Hall–Kier alpha value is -2.30. The molecule has 6 heteroatoms. The number of halogens is 2. The molecule has 2 N–H and O–H groups in total. The standard InChI is InChI=1S/C20H20Cl2N2O2/c1-13(25)23-19(15-4-8-17(21)9-5-15)12-20(3,24-14(2)26)16-6-10-18(22)11-7-16/h4-12H,1-3H3,(H,23,25)(H,24,26)/b19-12-. The van der Waals surface area contributed by atoms with Crippen molar-refractivity contribution in [1.29, 1.82) is 0 Å². The second-order valence-electron chi connectivity index (χ2n) is 6.14. The van der Waals surface area contributed by atoms with Crippen molar-refractivity contribution in [2.24, 2.45) is 0 Å². The Morgan fingerprint density at radius 1 is 0.885 bits per heavy atom. The van der Waals surface area contributed by atoms with Gasteiger partial charge in [-0.15, -0.1) is 0 Å². The van der Waals surface area contributed by atoms with Gasteiger partial charge in [-0.1, -0.05) is 47.5 Å². The number of hydrogen-bond donors (Lipinski definition) is 2. The predicted octanol–water partition coefficient (Wildman–Crippen LogP) is 4.52. The van der Waals surface area contributed by atoms with Crippen LogP contribution in [0.2, 0.25) is 10.0 Å². The van der Waals surface area contributed by atoms with E-state index in [0.29, 0.717) is 15.7 Å². The van der Waals surface area contributed by atoms with Gasteiger partial charge >= 0.3 is 0 Å². The monoisotopic (exact) mass is 390 g/mol. The van der Waals surface area contributed by atoms with Crippen LogP contribution in [-0.4, -0.2) is 11.8 Å². The molecule has 2 rings (SSSR count). The van der Waals surface area contributed by atoms with Crippen LogP contribution in [0.3, 0.4) is 0 Å². The van der Waals surface area contributed by atoms with Crippen LogP contribution in [0.1, 0.15) is 31.9 Å². The second kappa shape index (κ2) is 8.39. The van der Waals surface area contributed by atoms with Gasteiger partial charge in [0.1, 0.15) is 0 Å². The molecule has 0 aliphatic rings. The van der Waals surface area contributed by atoms with Crippen LogP contribution >= 0.6 is 23.2 Å². The van der Waals surface area contributed by atoms with Crippen LogP contribution in [0, 0.1) is 0 Å². The molecular formula is C20H20Cl2N2O2. The van der Waals surface area contributed by atoms with Crippen molar-refractivity contribution in [3.8, 4) is 0 Å². The maximum Gasteiger partial charge on any atom is 0.221 e. The molecule has 136 valence electrons. The molecular weight excluding hydrogens is 371 g/mol. The number of carbonyl (C=O) groups is 2. The Balaban J connectivity index is 2.58. The van der Waals surface area contributed by atoms with E-state index in [2.05, 4.69) is 10.6 Å². The number of hydrogen-bond acceptors (Lipinski definition) is 2. The van der Waals surface area contributed by atoms with E-state index in [1.54, 1.807) is 36.4 Å². The first kappa shape index (κ1) is 20.0. The van der Waals surface area contributed by atoms with Gasteiger partial charge in [-0.2, -0.15) is 0 Å². The lowest BCUT2D eigenvalue weighted by Gasteiger charge is -2.29. The Morgan fingerprint density at radius 3 is 1.85 bits per heavy atom. The average Bonchev–Trinajstić information content (AvgIpc) is 2.54. The highest BCUT2D eigenvalue weighted by Gasteiger charge is 2.26. The summed E-state index contributed by atoms with van der Waals surface area (Å²) in [6, 6.07) is 14.3. The van der Waals surface area contributed by atoms with Crippen molar-refractivity contribution in [3.63, 3.8) is 0 Å². The van der Waals surface area contributed by atoms with Crippen LogP contribution in [0.4, 0.5) is 0 Å². The zero-order chi connectivity index (χ0) is 19.3. The summed E-state index contributed by atoms with van der Waals surface area (Å²) in [5, 5.41) is 6.96. The summed E-state index contributed by atoms with van der Waals surface area (Å²) in [5.74, 6) is -0.413. The second-order valence-corrected chi connectivity index (χ2v) is 7.01. The van der Waals surface area contributed by atoms with Crippen LogP contribution in [0.15, 0.2) is 54.6 Å². The number of benzene rings is 2. The zero-order valence-corrected chi connectivity index (χ0v) is 16.3. The normalized spacial score (nSPS) is 13.7. The first-order valence-electron chi connectivity index (χ1n) is 8.01. The Bertz CT molecular complexity index is 830. The lowest BCUT2D eigenvalue weighted by molar-refractivity contribution is -0.120. The summed E-state index contributed by atoms with van der Waals surface area (Å²) in [5.41, 5.74) is 1.32. The third-order valence-corrected chi connectivity index (χ3v) is 4.28. The van der Waals surface area contributed by atoms with Gasteiger partial charge in [-0.05, 0) is 48.4 Å². The summed E-state index contributed by atoms with van der Waals surface area (Å²) >= 11 is 11.9. The first-order valence-corrected chi connectivity index (χ1v) is 8.76. The third-order valence-electron chi connectivity index (χ3n) is 3.78. The van der Waals surface area contributed by atoms with Gasteiger partial charge in [-0.25, -0.2) is 0 Å².